The maximum atomic E-state index is 13.8. The predicted molar refractivity (Wildman–Crippen MR) is 151 cm³/mol. The first kappa shape index (κ1) is 30.3. The third kappa shape index (κ3) is 8.67. The highest BCUT2D eigenvalue weighted by Gasteiger charge is 2.35. The zero-order valence-electron chi connectivity index (χ0n) is 22.3. The molecule has 1 atom stereocenters. The van der Waals surface area contributed by atoms with E-state index in [1.54, 1.807) is 6.07 Å². The fourth-order valence-electron chi connectivity index (χ4n) is 5.06. The Morgan fingerprint density at radius 1 is 0.900 bits per heavy atom. The van der Waals surface area contributed by atoms with Crippen LogP contribution in [0.3, 0.4) is 0 Å². The predicted octanol–water partition coefficient (Wildman–Crippen LogP) is 6.65. The van der Waals surface area contributed by atoms with E-state index >= 15 is 0 Å². The number of unbranched alkanes of at least 4 members (excludes halogenated alkanes) is 1. The van der Waals surface area contributed by atoms with Crippen molar-refractivity contribution >= 4 is 11.6 Å². The first-order valence-corrected chi connectivity index (χ1v) is 13.9. The van der Waals surface area contributed by atoms with Crippen molar-refractivity contribution in [3.63, 3.8) is 0 Å². The molecule has 216 valence electrons. The van der Waals surface area contributed by atoms with Crippen LogP contribution in [0.2, 0.25) is 5.02 Å². The molecular formula is C30H35ClF3N4O2-. The summed E-state index contributed by atoms with van der Waals surface area (Å²) in [6, 6.07) is 22.7. The van der Waals surface area contributed by atoms with Gasteiger partial charge in [0.05, 0.1) is 11.6 Å². The Balaban J connectivity index is 1.31. The molecule has 1 heterocycles. The summed E-state index contributed by atoms with van der Waals surface area (Å²) in [5.74, 6) is 4.71. The lowest BCUT2D eigenvalue weighted by atomic mass is 9.96. The summed E-state index contributed by atoms with van der Waals surface area (Å²) in [5.41, 5.74) is 5.82. The number of piperazine rings is 1. The van der Waals surface area contributed by atoms with E-state index in [0.29, 0.717) is 42.9 Å². The second-order valence-electron chi connectivity index (χ2n) is 9.83. The number of benzene rings is 3. The number of rotatable bonds is 13. The summed E-state index contributed by atoms with van der Waals surface area (Å²) in [6.07, 6.45) is -2.63. The van der Waals surface area contributed by atoms with Crippen LogP contribution in [0.5, 0.6) is 5.75 Å². The molecule has 1 saturated heterocycles. The van der Waals surface area contributed by atoms with Gasteiger partial charge in [0.1, 0.15) is 12.4 Å². The van der Waals surface area contributed by atoms with Crippen molar-refractivity contribution in [1.82, 2.24) is 9.80 Å². The van der Waals surface area contributed by atoms with Crippen LogP contribution < -0.4 is 10.6 Å². The molecule has 1 fully saturated rings. The molecule has 10 heteroatoms. The Kier molecular flexibility index (Phi) is 11.2. The molecule has 40 heavy (non-hydrogen) atoms. The van der Waals surface area contributed by atoms with E-state index in [2.05, 4.69) is 44.5 Å². The van der Waals surface area contributed by atoms with E-state index in [0.717, 1.165) is 26.2 Å². The topological polar surface area (TPSA) is 65.1 Å². The molecule has 0 bridgehead atoms. The van der Waals surface area contributed by atoms with Gasteiger partial charge in [0.15, 0.2) is 0 Å². The zero-order chi connectivity index (χ0) is 28.4. The highest BCUT2D eigenvalue weighted by Crippen LogP contribution is 2.37. The fourth-order valence-corrected chi connectivity index (χ4v) is 5.19. The van der Waals surface area contributed by atoms with Crippen molar-refractivity contribution in [2.75, 3.05) is 45.9 Å². The van der Waals surface area contributed by atoms with Crippen LogP contribution in [-0.2, 0) is 17.5 Å². The number of halogens is 4. The molecule has 0 amide bonds. The van der Waals surface area contributed by atoms with Crippen LogP contribution in [0.1, 0.15) is 41.1 Å². The van der Waals surface area contributed by atoms with Gasteiger partial charge in [-0.05, 0) is 47.4 Å². The quantitative estimate of drug-likeness (QED) is 0.183. The molecule has 4 rings (SSSR count). The minimum atomic E-state index is -4.49. The highest BCUT2D eigenvalue weighted by molar-refractivity contribution is 6.30. The van der Waals surface area contributed by atoms with Crippen molar-refractivity contribution in [2.24, 2.45) is 5.90 Å². The van der Waals surface area contributed by atoms with E-state index in [1.165, 1.54) is 23.3 Å². The van der Waals surface area contributed by atoms with Crippen molar-refractivity contribution in [2.45, 2.75) is 31.5 Å². The third-order valence-electron chi connectivity index (χ3n) is 7.13. The summed E-state index contributed by atoms with van der Waals surface area (Å²) in [6.45, 7) is 4.40. The van der Waals surface area contributed by atoms with Gasteiger partial charge in [-0.25, -0.2) is 5.90 Å². The summed E-state index contributed by atoms with van der Waals surface area (Å²) < 4.78 is 47.0. The standard InChI is InChI=1S/C30H35ClF3N4O2/c31-26-12-10-25(11-13-26)29(24-7-2-1-3-8-24)38-18-16-37(17-19-38)20-21-39-28-14-9-23(6-4-5-15-36-40-35)22-27(28)30(32,33)34/h1-3,7-14,22,29H,4-6,15-21,35H2/q-1/t29-/m1/s1. The Morgan fingerprint density at radius 3 is 2.27 bits per heavy atom. The van der Waals surface area contributed by atoms with Crippen LogP contribution in [0.15, 0.2) is 72.8 Å². The lowest BCUT2D eigenvalue weighted by molar-refractivity contribution is -0.139. The number of ether oxygens (including phenoxy) is 1. The molecule has 6 nitrogen and oxygen atoms in total. The normalized spacial score (nSPS) is 15.7. The Bertz CT molecular complexity index is 1170. The number of nitrogens with two attached hydrogens (primary N) is 1. The summed E-state index contributed by atoms with van der Waals surface area (Å²) in [5, 5.41) is 0.703. The number of nitrogens with zero attached hydrogens (tertiary/aromatic N) is 3. The number of hydrogen-bond donors (Lipinski definition) is 1. The molecule has 3 aromatic rings. The largest absolute Gasteiger partial charge is 0.514 e. The minimum absolute atomic E-state index is 0.105. The van der Waals surface area contributed by atoms with E-state index in [9.17, 15) is 13.2 Å². The van der Waals surface area contributed by atoms with Gasteiger partial charge in [0.2, 0.25) is 0 Å². The second kappa shape index (κ2) is 14.8. The fraction of sp³-hybridized carbons (Fsp3) is 0.400. The van der Waals surface area contributed by atoms with Gasteiger partial charge in [0.25, 0.3) is 0 Å². The van der Waals surface area contributed by atoms with Gasteiger partial charge in [-0.1, -0.05) is 73.0 Å². The van der Waals surface area contributed by atoms with Gasteiger partial charge < -0.3 is 15.2 Å². The van der Waals surface area contributed by atoms with Crippen molar-refractivity contribution in [1.29, 1.82) is 0 Å². The molecule has 0 spiro atoms. The summed E-state index contributed by atoms with van der Waals surface area (Å²) in [4.78, 5) is 8.83. The van der Waals surface area contributed by atoms with Gasteiger partial charge >= 0.3 is 6.18 Å². The van der Waals surface area contributed by atoms with Crippen molar-refractivity contribution < 1.29 is 22.8 Å². The Labute approximate surface area is 238 Å². The van der Waals surface area contributed by atoms with Gasteiger partial charge in [-0.2, -0.15) is 13.2 Å². The van der Waals surface area contributed by atoms with Crippen molar-refractivity contribution in [3.8, 4) is 5.75 Å². The van der Waals surface area contributed by atoms with Crippen LogP contribution in [0.25, 0.3) is 5.48 Å². The second-order valence-corrected chi connectivity index (χ2v) is 10.3. The van der Waals surface area contributed by atoms with Crippen LogP contribution in [0.4, 0.5) is 13.2 Å². The molecular weight excluding hydrogens is 541 g/mol. The third-order valence-corrected chi connectivity index (χ3v) is 7.38. The molecule has 1 aliphatic rings. The molecule has 0 aliphatic carbocycles. The van der Waals surface area contributed by atoms with Crippen LogP contribution in [0, 0.1) is 0 Å². The van der Waals surface area contributed by atoms with E-state index < -0.39 is 11.7 Å². The first-order chi connectivity index (χ1) is 19.3. The zero-order valence-corrected chi connectivity index (χ0v) is 23.1. The molecule has 1 aliphatic heterocycles. The first-order valence-electron chi connectivity index (χ1n) is 13.5. The van der Waals surface area contributed by atoms with Gasteiger partial charge in [-0.3, -0.25) is 9.80 Å². The minimum Gasteiger partial charge on any atom is -0.514 e. The SMILES string of the molecule is NO[N-]CCCCc1ccc(OCCN2CCN([C@H](c3ccccc3)c3ccc(Cl)cc3)CC2)c(C(F)(F)F)c1. The molecule has 0 radical (unpaired) electrons. The van der Waals surface area contributed by atoms with E-state index in [4.69, 9.17) is 22.2 Å². The van der Waals surface area contributed by atoms with E-state index in [1.807, 2.05) is 30.3 Å². The van der Waals surface area contributed by atoms with Gasteiger partial charge in [-0.15, -0.1) is 6.54 Å². The molecule has 0 unspecified atom stereocenters. The number of alkyl halides is 3. The van der Waals surface area contributed by atoms with E-state index in [-0.39, 0.29) is 18.4 Å². The molecule has 3 aromatic carbocycles. The molecule has 0 saturated carbocycles. The smallest absolute Gasteiger partial charge is 0.419 e. The van der Waals surface area contributed by atoms with Crippen LogP contribution >= 0.6 is 11.6 Å². The average molecular weight is 576 g/mol. The lowest BCUT2D eigenvalue weighted by Gasteiger charge is -2.39. The monoisotopic (exact) mass is 575 g/mol. The number of hydroxylamine groups is 1. The maximum absolute atomic E-state index is 13.8. The summed E-state index contributed by atoms with van der Waals surface area (Å²) >= 11 is 6.13. The average Bonchev–Trinajstić information content (AvgIpc) is 2.95. The Hall–Kier alpha value is -2.66. The molecule has 2 N–H and O–H groups in total. The number of hydrogen-bond acceptors (Lipinski definition) is 5. The Morgan fingerprint density at radius 2 is 1.60 bits per heavy atom. The lowest BCUT2D eigenvalue weighted by Crippen LogP contribution is -2.48. The van der Waals surface area contributed by atoms with Crippen LogP contribution in [-0.4, -0.2) is 55.7 Å². The highest BCUT2D eigenvalue weighted by atomic mass is 35.5. The summed E-state index contributed by atoms with van der Waals surface area (Å²) in [7, 11) is 0. The van der Waals surface area contributed by atoms with Gasteiger partial charge in [0, 0.05) is 37.7 Å². The maximum Gasteiger partial charge on any atom is 0.419 e. The number of aryl methyl sites for hydroxylation is 1. The molecule has 0 aromatic heterocycles. The van der Waals surface area contributed by atoms with Crippen molar-refractivity contribution in [3.05, 3.63) is 106 Å².